The van der Waals surface area contributed by atoms with Crippen molar-refractivity contribution in [3.8, 4) is 11.5 Å². The Kier molecular flexibility index (Phi) is 13.0. The van der Waals surface area contributed by atoms with Crippen LogP contribution in [0.25, 0.3) is 0 Å². The quantitative estimate of drug-likeness (QED) is 0.126. The van der Waals surface area contributed by atoms with E-state index >= 15 is 0 Å². The van der Waals surface area contributed by atoms with E-state index in [1.165, 1.54) is 13.8 Å². The first-order chi connectivity index (χ1) is 19.6. The van der Waals surface area contributed by atoms with E-state index in [0.717, 1.165) is 38.3 Å². The molecule has 42 heavy (non-hydrogen) atoms. The van der Waals surface area contributed by atoms with Crippen LogP contribution in [-0.2, 0) is 30.0 Å². The summed E-state index contributed by atoms with van der Waals surface area (Å²) >= 11 is 0. The number of nitrogens with zero attached hydrogens (tertiary/aromatic N) is 1. The van der Waals surface area contributed by atoms with Crippen molar-refractivity contribution in [2.75, 3.05) is 19.6 Å². The molecule has 0 bridgehead atoms. The van der Waals surface area contributed by atoms with Crippen LogP contribution >= 0.6 is 7.52 Å². The van der Waals surface area contributed by atoms with Gasteiger partial charge < -0.3 is 24.2 Å². The van der Waals surface area contributed by atoms with E-state index in [9.17, 15) is 24.2 Å². The lowest BCUT2D eigenvalue weighted by atomic mass is 9.91. The van der Waals surface area contributed by atoms with Gasteiger partial charge in [-0.05, 0) is 106 Å². The third kappa shape index (κ3) is 9.28. The highest BCUT2D eigenvalue weighted by Gasteiger charge is 2.35. The maximum absolute atomic E-state index is 13.5. The van der Waals surface area contributed by atoms with Gasteiger partial charge in [0.15, 0.2) is 6.35 Å². The Morgan fingerprint density at radius 3 is 1.98 bits per heavy atom. The van der Waals surface area contributed by atoms with E-state index in [1.54, 1.807) is 19.9 Å². The van der Waals surface area contributed by atoms with Crippen molar-refractivity contribution in [2.24, 2.45) is 0 Å². The Bertz CT molecular complexity index is 1270. The molecular weight excluding hydrogens is 561 g/mol. The Morgan fingerprint density at radius 1 is 0.929 bits per heavy atom. The summed E-state index contributed by atoms with van der Waals surface area (Å²) in [6, 6.07) is 5.46. The summed E-state index contributed by atoms with van der Waals surface area (Å²) < 4.78 is 29.4. The minimum absolute atomic E-state index is 0.136. The normalized spacial score (nSPS) is 14.4. The van der Waals surface area contributed by atoms with Gasteiger partial charge in [0.2, 0.25) is 0 Å². The molecule has 0 aliphatic heterocycles. The van der Waals surface area contributed by atoms with Gasteiger partial charge in [-0.2, -0.15) is 0 Å². The fraction of sp³-hybridized carbons (Fsp3) is 0.533. The predicted molar refractivity (Wildman–Crippen MR) is 161 cm³/mol. The van der Waals surface area contributed by atoms with E-state index in [1.807, 2.05) is 52.8 Å². The van der Waals surface area contributed by atoms with Gasteiger partial charge >= 0.3 is 19.5 Å². The van der Waals surface area contributed by atoms with Crippen LogP contribution in [0.5, 0.6) is 11.5 Å². The number of phenols is 1. The average molecular weight is 608 g/mol. The number of aromatic hydroxyl groups is 1. The number of aryl methyl sites for hydroxylation is 1. The van der Waals surface area contributed by atoms with Crippen molar-refractivity contribution in [1.29, 1.82) is 0 Å². The SMILES string of the molecule is CCOC(=O)C(C)NN(NC(C)C(=O)OCC)P(=O)(O)COc1cc(C)c(Cc2ccc(O)c(C(C)C)c2)c(C)c1C. The summed E-state index contributed by atoms with van der Waals surface area (Å²) in [5.41, 5.74) is 11.0. The smallest absolute Gasteiger partial charge is 0.333 e. The van der Waals surface area contributed by atoms with Crippen molar-refractivity contribution in [3.63, 3.8) is 0 Å². The number of benzene rings is 2. The minimum Gasteiger partial charge on any atom is -0.508 e. The van der Waals surface area contributed by atoms with Gasteiger partial charge in [0.05, 0.1) is 13.2 Å². The van der Waals surface area contributed by atoms with Crippen LogP contribution in [0.3, 0.4) is 0 Å². The van der Waals surface area contributed by atoms with Gasteiger partial charge in [0.1, 0.15) is 23.6 Å². The zero-order valence-corrected chi connectivity index (χ0v) is 27.0. The molecule has 0 aliphatic rings. The molecule has 3 atom stereocenters. The Morgan fingerprint density at radius 2 is 1.48 bits per heavy atom. The number of carbonyl (C=O) groups excluding carboxylic acids is 2. The van der Waals surface area contributed by atoms with Gasteiger partial charge in [-0.15, -0.1) is 0 Å². The standard InChI is InChI=1S/C30H46N3O8P/c1-10-39-29(35)22(8)31-33(32-23(9)30(36)40-11-2)42(37,38)17-41-28-14-19(5)26(20(6)21(28)7)16-24-12-13-27(34)25(15-24)18(3)4/h12-15,18,22-23,31-32,34H,10-11,16-17H2,1-9H3,(H,37,38). The molecule has 0 saturated heterocycles. The lowest BCUT2D eigenvalue weighted by Crippen LogP contribution is -2.56. The van der Waals surface area contributed by atoms with Crippen LogP contribution in [0.4, 0.5) is 0 Å². The third-order valence-electron chi connectivity index (χ3n) is 6.92. The maximum atomic E-state index is 13.5. The predicted octanol–water partition coefficient (Wildman–Crippen LogP) is 4.77. The third-order valence-corrected chi connectivity index (χ3v) is 8.24. The van der Waals surface area contributed by atoms with E-state index in [4.69, 9.17) is 14.2 Å². The minimum atomic E-state index is -4.38. The molecule has 0 radical (unpaired) electrons. The van der Waals surface area contributed by atoms with E-state index in [0.29, 0.717) is 12.2 Å². The van der Waals surface area contributed by atoms with Gasteiger partial charge in [-0.25, -0.2) is 10.9 Å². The summed E-state index contributed by atoms with van der Waals surface area (Å²) in [6.45, 7) is 16.4. The monoisotopic (exact) mass is 607 g/mol. The number of hydrazine groups is 2. The second kappa shape index (κ2) is 15.5. The second-order valence-electron chi connectivity index (χ2n) is 10.6. The molecule has 0 heterocycles. The van der Waals surface area contributed by atoms with Crippen molar-refractivity contribution in [2.45, 2.75) is 86.7 Å². The Labute approximate surface area is 249 Å². The first-order valence-corrected chi connectivity index (χ1v) is 15.9. The molecule has 3 unspecified atom stereocenters. The lowest BCUT2D eigenvalue weighted by Gasteiger charge is -2.32. The highest BCUT2D eigenvalue weighted by atomic mass is 31.2. The van der Waals surface area contributed by atoms with Crippen LogP contribution in [0.15, 0.2) is 24.3 Å². The van der Waals surface area contributed by atoms with E-state index in [2.05, 4.69) is 10.9 Å². The molecule has 2 aromatic rings. The van der Waals surface area contributed by atoms with Crippen molar-refractivity contribution in [1.82, 2.24) is 15.7 Å². The number of phenolic OH excluding ortho intramolecular Hbond substituents is 1. The molecule has 0 aliphatic carbocycles. The zero-order valence-electron chi connectivity index (χ0n) is 26.1. The average Bonchev–Trinajstić information content (AvgIpc) is 2.92. The molecule has 11 nitrogen and oxygen atoms in total. The molecule has 2 aromatic carbocycles. The van der Waals surface area contributed by atoms with Crippen LogP contribution in [0.1, 0.15) is 80.8 Å². The molecule has 12 heteroatoms. The molecule has 0 aromatic heterocycles. The highest BCUT2D eigenvalue weighted by Crippen LogP contribution is 2.43. The topological polar surface area (TPSA) is 147 Å². The Hall–Kier alpha value is -2.95. The fourth-order valence-corrected chi connectivity index (χ4v) is 5.47. The molecule has 0 saturated carbocycles. The number of carbonyl (C=O) groups is 2. The van der Waals surface area contributed by atoms with Crippen LogP contribution in [0, 0.1) is 20.8 Å². The first-order valence-electron chi connectivity index (χ1n) is 14.1. The molecular formula is C30H46N3O8P. The van der Waals surface area contributed by atoms with Crippen molar-refractivity contribution >= 4 is 19.5 Å². The summed E-state index contributed by atoms with van der Waals surface area (Å²) in [6.07, 6.45) is 0.00324. The number of nitrogens with one attached hydrogen (secondary N) is 2. The number of esters is 2. The highest BCUT2D eigenvalue weighted by molar-refractivity contribution is 7.55. The number of rotatable bonds is 15. The molecule has 234 valence electrons. The molecule has 0 fully saturated rings. The molecule has 0 spiro atoms. The van der Waals surface area contributed by atoms with Crippen molar-refractivity contribution in [3.05, 3.63) is 57.6 Å². The van der Waals surface area contributed by atoms with Gasteiger partial charge in [0, 0.05) is 0 Å². The number of ether oxygens (including phenoxy) is 3. The maximum Gasteiger partial charge on any atom is 0.333 e. The molecule has 0 amide bonds. The summed E-state index contributed by atoms with van der Waals surface area (Å²) in [5, 5.41) is 10.2. The number of hydrogen-bond donors (Lipinski definition) is 4. The molecule has 4 N–H and O–H groups in total. The summed E-state index contributed by atoms with van der Waals surface area (Å²) in [7, 11) is -4.38. The van der Waals surface area contributed by atoms with E-state index < -0.39 is 37.9 Å². The van der Waals surface area contributed by atoms with Crippen LogP contribution < -0.4 is 15.6 Å². The zero-order chi connectivity index (χ0) is 31.8. The lowest BCUT2D eigenvalue weighted by molar-refractivity contribution is -0.147. The second-order valence-corrected chi connectivity index (χ2v) is 12.6. The summed E-state index contributed by atoms with van der Waals surface area (Å²) in [4.78, 5) is 36.2. The number of hydrogen-bond acceptors (Lipinski definition) is 9. The fourth-order valence-electron chi connectivity index (χ4n) is 4.34. The van der Waals surface area contributed by atoms with Crippen LogP contribution in [0.2, 0.25) is 0 Å². The van der Waals surface area contributed by atoms with Gasteiger partial charge in [-0.1, -0.05) is 30.9 Å². The van der Waals surface area contributed by atoms with Gasteiger partial charge in [0.25, 0.3) is 0 Å². The first kappa shape index (κ1) is 35.2. The van der Waals surface area contributed by atoms with Crippen molar-refractivity contribution < 1.29 is 38.4 Å². The molecule has 2 rings (SSSR count). The van der Waals surface area contributed by atoms with E-state index in [-0.39, 0.29) is 24.9 Å². The summed E-state index contributed by atoms with van der Waals surface area (Å²) in [5.74, 6) is -0.375. The Balaban J connectivity index is 2.30. The largest absolute Gasteiger partial charge is 0.508 e. The van der Waals surface area contributed by atoms with Gasteiger partial charge in [-0.3, -0.25) is 14.2 Å². The van der Waals surface area contributed by atoms with Crippen LogP contribution in [-0.4, -0.2) is 58.5 Å².